The Morgan fingerprint density at radius 1 is 1.12 bits per heavy atom. The number of hydrogen-bond donors (Lipinski definition) is 6. The van der Waals surface area contributed by atoms with Gasteiger partial charge < -0.3 is 40.8 Å². The number of phenolic OH excluding ortho intramolecular Hbond substituents is 1. The minimum Gasteiger partial charge on any atom is -0.510 e. The van der Waals surface area contributed by atoms with Crippen molar-refractivity contribution in [3.8, 4) is 5.75 Å². The molecule has 0 fully saturated rings. The molecule has 12 heteroatoms. The normalized spacial score (nSPS) is 25.2. The van der Waals surface area contributed by atoms with E-state index in [0.29, 0.717) is 23.4 Å². The number of benzene rings is 1. The van der Waals surface area contributed by atoms with Crippen molar-refractivity contribution in [3.05, 3.63) is 68.6 Å². The van der Waals surface area contributed by atoms with E-state index in [1.54, 1.807) is 20.2 Å². The number of Topliss-reactive ketones (excluding diaryl/α,β-unsaturated/α-hetero) is 2. The number of anilines is 1. The zero-order chi connectivity index (χ0) is 31.7. The number of likely N-dealkylation sites (N-methyl/N-ethyl adjacent to an activating group) is 1. The predicted molar refractivity (Wildman–Crippen MR) is 157 cm³/mol. The molecule has 3 aliphatic carbocycles. The molecule has 1 amide bonds. The molecule has 3 aliphatic rings. The highest BCUT2D eigenvalue weighted by Gasteiger charge is 2.63. The van der Waals surface area contributed by atoms with E-state index in [2.05, 4.69) is 5.32 Å². The van der Waals surface area contributed by atoms with E-state index in [1.165, 1.54) is 4.90 Å². The highest BCUT2D eigenvalue weighted by atomic mass is 16.4. The molecular formula is C31H38N4O8. The molecule has 4 atom stereocenters. The number of nitrogens with one attached hydrogen (secondary N) is 1. The number of rotatable bonds is 7. The topological polar surface area (TPSA) is 190 Å². The number of aliphatic hydroxyl groups excluding tert-OH is 2. The van der Waals surface area contributed by atoms with Crippen molar-refractivity contribution in [3.63, 3.8) is 0 Å². The Bertz CT molecular complexity index is 1600. The summed E-state index contributed by atoms with van der Waals surface area (Å²) < 4.78 is 5.71. The first-order valence-corrected chi connectivity index (χ1v) is 14.1. The molecule has 43 heavy (non-hydrogen) atoms. The molecule has 1 unspecified atom stereocenters. The maximum Gasteiger partial charge on any atom is 0.255 e. The van der Waals surface area contributed by atoms with Gasteiger partial charge in [0.1, 0.15) is 34.4 Å². The summed E-state index contributed by atoms with van der Waals surface area (Å²) >= 11 is 0. The van der Waals surface area contributed by atoms with Gasteiger partial charge in [-0.25, -0.2) is 0 Å². The fourth-order valence-corrected chi connectivity index (χ4v) is 6.94. The Morgan fingerprint density at radius 3 is 2.35 bits per heavy atom. The zero-order valence-electron chi connectivity index (χ0n) is 25.1. The Morgan fingerprint density at radius 2 is 1.79 bits per heavy atom. The number of allylic oxidation sites excluding steroid dienone is 1. The molecule has 2 aromatic rings. The number of fused-ring (bicyclic) bond motifs is 3. The zero-order valence-corrected chi connectivity index (χ0v) is 25.1. The first kappa shape index (κ1) is 30.3. The van der Waals surface area contributed by atoms with Crippen molar-refractivity contribution in [2.45, 2.75) is 51.4 Å². The van der Waals surface area contributed by atoms with Crippen LogP contribution < -0.4 is 16.0 Å². The van der Waals surface area contributed by atoms with Crippen molar-refractivity contribution < 1.29 is 39.2 Å². The lowest BCUT2D eigenvalue weighted by Gasteiger charge is -2.50. The minimum atomic E-state index is -2.68. The van der Waals surface area contributed by atoms with Crippen molar-refractivity contribution in [1.29, 1.82) is 0 Å². The van der Waals surface area contributed by atoms with Gasteiger partial charge in [0.05, 0.1) is 18.2 Å². The van der Waals surface area contributed by atoms with Crippen LogP contribution >= 0.6 is 0 Å². The van der Waals surface area contributed by atoms with Gasteiger partial charge in [-0.1, -0.05) is 0 Å². The molecular weight excluding hydrogens is 556 g/mol. The molecule has 0 aliphatic heterocycles. The second kappa shape index (κ2) is 10.5. The van der Waals surface area contributed by atoms with Crippen LogP contribution in [0.1, 0.15) is 45.0 Å². The van der Waals surface area contributed by atoms with Crippen molar-refractivity contribution in [1.82, 2.24) is 10.2 Å². The molecule has 1 heterocycles. The Balaban J connectivity index is 1.60. The van der Waals surface area contributed by atoms with Crippen LogP contribution in [0.5, 0.6) is 5.75 Å². The van der Waals surface area contributed by atoms with Crippen molar-refractivity contribution >= 4 is 23.2 Å². The van der Waals surface area contributed by atoms with Gasteiger partial charge in [0, 0.05) is 43.4 Å². The Kier molecular flexibility index (Phi) is 7.44. The number of nitrogens with two attached hydrogens (primary N) is 1. The third-order valence-corrected chi connectivity index (χ3v) is 9.09. The largest absolute Gasteiger partial charge is 0.510 e. The molecule has 12 nitrogen and oxygen atoms in total. The van der Waals surface area contributed by atoms with Gasteiger partial charge in [-0.3, -0.25) is 19.3 Å². The van der Waals surface area contributed by atoms with Crippen molar-refractivity contribution in [2.24, 2.45) is 17.6 Å². The van der Waals surface area contributed by atoms with Crippen LogP contribution in [0, 0.1) is 25.7 Å². The summed E-state index contributed by atoms with van der Waals surface area (Å²) in [6.45, 7) is 4.40. The summed E-state index contributed by atoms with van der Waals surface area (Å²) in [6, 6.07) is 2.69. The third kappa shape index (κ3) is 4.52. The molecule has 5 rings (SSSR count). The first-order valence-electron chi connectivity index (χ1n) is 14.1. The van der Waals surface area contributed by atoms with Gasteiger partial charge in [-0.2, -0.15) is 0 Å². The molecule has 1 aromatic heterocycles. The predicted octanol–water partition coefficient (Wildman–Crippen LogP) is 1.69. The van der Waals surface area contributed by atoms with Crippen LogP contribution in [0.4, 0.5) is 5.69 Å². The van der Waals surface area contributed by atoms with Crippen molar-refractivity contribution in [2.75, 3.05) is 33.1 Å². The highest BCUT2D eigenvalue weighted by molar-refractivity contribution is 6.25. The second-order valence-corrected chi connectivity index (χ2v) is 12.2. The molecule has 230 valence electrons. The highest BCUT2D eigenvalue weighted by Crippen LogP contribution is 2.53. The van der Waals surface area contributed by atoms with E-state index in [0.717, 1.165) is 17.1 Å². The SMILES string of the molecule is Cc1cc(CNCc2cc(N(C)C)c3c(c2O)C(=O)C2=C(O)[C@@]4(O)C(=O)C(C(N)=O)=C(O)C(N(C)C)[C@H]4C[C@H]2C3)oc1C. The molecule has 0 saturated heterocycles. The molecule has 0 spiro atoms. The molecule has 1 aromatic carbocycles. The van der Waals surface area contributed by atoms with Crippen LogP contribution in [0.2, 0.25) is 0 Å². The number of aryl methyl sites for hydroxylation is 2. The summed E-state index contributed by atoms with van der Waals surface area (Å²) in [5.74, 6) is -5.17. The number of ketones is 2. The smallest absolute Gasteiger partial charge is 0.255 e. The van der Waals surface area contributed by atoms with Crippen LogP contribution in [-0.2, 0) is 29.1 Å². The average Bonchev–Trinajstić information content (AvgIpc) is 3.23. The van der Waals surface area contributed by atoms with E-state index < -0.39 is 58.0 Å². The number of hydrogen-bond acceptors (Lipinski definition) is 11. The number of phenols is 1. The lowest BCUT2D eigenvalue weighted by Crippen LogP contribution is -2.63. The van der Waals surface area contributed by atoms with E-state index in [9.17, 15) is 34.8 Å². The summed E-state index contributed by atoms with van der Waals surface area (Å²) in [6.07, 6.45) is 0.249. The summed E-state index contributed by atoms with van der Waals surface area (Å²) in [5, 5.41) is 48.9. The number of nitrogens with zero attached hydrogens (tertiary/aromatic N) is 2. The summed E-state index contributed by atoms with van der Waals surface area (Å²) in [7, 11) is 6.83. The van der Waals surface area contributed by atoms with E-state index >= 15 is 0 Å². The van der Waals surface area contributed by atoms with Crippen LogP contribution in [0.15, 0.2) is 39.2 Å². The maximum atomic E-state index is 14.1. The number of aromatic hydroxyl groups is 1. The average molecular weight is 595 g/mol. The fraction of sp³-hybridized carbons (Fsp3) is 0.452. The monoisotopic (exact) mass is 594 g/mol. The van der Waals surface area contributed by atoms with Gasteiger partial charge in [0.2, 0.25) is 5.78 Å². The lowest BCUT2D eigenvalue weighted by molar-refractivity contribution is -0.148. The number of carbonyl (C=O) groups excluding carboxylic acids is 3. The van der Waals surface area contributed by atoms with E-state index in [4.69, 9.17) is 10.2 Å². The number of amides is 1. The van der Waals surface area contributed by atoms with Gasteiger partial charge in [0.15, 0.2) is 11.4 Å². The number of furan rings is 1. The molecule has 7 N–H and O–H groups in total. The molecule has 0 radical (unpaired) electrons. The van der Waals surface area contributed by atoms with E-state index in [1.807, 2.05) is 38.9 Å². The third-order valence-electron chi connectivity index (χ3n) is 9.09. The molecule has 0 saturated carbocycles. The van der Waals surface area contributed by atoms with Gasteiger partial charge in [-0.15, -0.1) is 0 Å². The molecule has 0 bridgehead atoms. The quantitative estimate of drug-likeness (QED) is 0.256. The van der Waals surface area contributed by atoms with E-state index in [-0.39, 0.29) is 36.3 Å². The fourth-order valence-electron chi connectivity index (χ4n) is 6.94. The Labute approximate surface area is 249 Å². The van der Waals surface area contributed by atoms with Gasteiger partial charge in [-0.05, 0) is 70.0 Å². The van der Waals surface area contributed by atoms with Gasteiger partial charge in [0.25, 0.3) is 5.91 Å². The number of carbonyl (C=O) groups is 3. The van der Waals surface area contributed by atoms with Gasteiger partial charge >= 0.3 is 0 Å². The second-order valence-electron chi connectivity index (χ2n) is 12.2. The summed E-state index contributed by atoms with van der Waals surface area (Å²) in [4.78, 5) is 43.2. The number of aliphatic hydroxyl groups is 3. The van der Waals surface area contributed by atoms with Crippen LogP contribution in [0.25, 0.3) is 0 Å². The van der Waals surface area contributed by atoms with Crippen LogP contribution in [0.3, 0.4) is 0 Å². The number of primary amides is 1. The van der Waals surface area contributed by atoms with Crippen LogP contribution in [-0.4, -0.2) is 82.6 Å². The Hall–Kier alpha value is -4.13. The minimum absolute atomic E-state index is 0.0199. The standard InChI is InChI=1S/C31H38N4O8/c1-13-7-17(43-14(13)2)12-33-11-16-10-20(34(3)4)18-8-15-9-19-24(35(5)6)27(38)23(30(32)41)29(40)31(19,42)28(39)21(15)26(37)22(18)25(16)36/h7,10,15,19,24,33,36,38-39,42H,8-9,11-12H2,1-6H3,(H2,32,41)/t15-,19-,24?,31-/m1/s1. The summed E-state index contributed by atoms with van der Waals surface area (Å²) in [5.41, 5.74) is 4.42. The maximum absolute atomic E-state index is 14.1. The lowest BCUT2D eigenvalue weighted by atomic mass is 9.58. The first-order chi connectivity index (χ1) is 20.1.